The molecule has 0 aliphatic heterocycles. The Labute approximate surface area is 86.3 Å². The molecule has 0 fully saturated rings. The molecule has 0 aromatic carbocycles. The normalized spacial score (nSPS) is 9.29. The Morgan fingerprint density at radius 3 is 2.00 bits per heavy atom. The van der Waals surface area contributed by atoms with Crippen molar-refractivity contribution in [2.45, 2.75) is 25.7 Å². The molecule has 5 nitrogen and oxygen atoms in total. The van der Waals surface area contributed by atoms with Gasteiger partial charge in [-0.3, -0.25) is 9.59 Å². The van der Waals surface area contributed by atoms with Gasteiger partial charge in [-0.1, -0.05) is 0 Å². The summed E-state index contributed by atoms with van der Waals surface area (Å²) in [5.41, 5.74) is -1.14. The number of halogens is 1. The SMILES string of the molecule is COC(=O)CCCCC(=O)OC(=O)Cl. The van der Waals surface area contributed by atoms with Gasteiger partial charge < -0.3 is 9.47 Å². The van der Waals surface area contributed by atoms with Crippen LogP contribution in [0, 0.1) is 0 Å². The molecule has 80 valence electrons. The lowest BCUT2D eigenvalue weighted by molar-refractivity contribution is -0.141. The van der Waals surface area contributed by atoms with E-state index in [0.717, 1.165) is 0 Å². The van der Waals surface area contributed by atoms with E-state index in [1.807, 2.05) is 0 Å². The Morgan fingerprint density at radius 2 is 1.57 bits per heavy atom. The van der Waals surface area contributed by atoms with Crippen molar-refractivity contribution in [1.82, 2.24) is 0 Å². The highest BCUT2D eigenvalue weighted by atomic mass is 35.5. The minimum Gasteiger partial charge on any atom is -0.469 e. The smallest absolute Gasteiger partial charge is 0.411 e. The summed E-state index contributed by atoms with van der Waals surface area (Å²) in [5, 5.41) is 0. The Bertz CT molecular complexity index is 226. The first-order valence-electron chi connectivity index (χ1n) is 4.03. The third kappa shape index (κ3) is 7.54. The molecule has 0 aliphatic carbocycles. The molecule has 0 aromatic heterocycles. The molecular weight excluding hydrogens is 212 g/mol. The van der Waals surface area contributed by atoms with Gasteiger partial charge in [-0.25, -0.2) is 4.79 Å². The average Bonchev–Trinajstić information content (AvgIpc) is 2.10. The van der Waals surface area contributed by atoms with Gasteiger partial charge in [-0.05, 0) is 12.8 Å². The Morgan fingerprint density at radius 1 is 1.07 bits per heavy atom. The first kappa shape index (κ1) is 12.9. The third-order valence-corrected chi connectivity index (χ3v) is 1.51. The van der Waals surface area contributed by atoms with Gasteiger partial charge in [-0.2, -0.15) is 0 Å². The van der Waals surface area contributed by atoms with Crippen LogP contribution in [0.2, 0.25) is 0 Å². The molecule has 0 heterocycles. The predicted molar refractivity (Wildman–Crippen MR) is 47.8 cm³/mol. The maximum Gasteiger partial charge on any atom is 0.411 e. The molecule has 0 spiro atoms. The lowest BCUT2D eigenvalue weighted by atomic mass is 10.2. The third-order valence-electron chi connectivity index (χ3n) is 1.43. The second-order valence-corrected chi connectivity index (χ2v) is 2.80. The number of esters is 2. The Hall–Kier alpha value is -1.10. The van der Waals surface area contributed by atoms with Crippen molar-refractivity contribution < 1.29 is 23.9 Å². The van der Waals surface area contributed by atoms with E-state index >= 15 is 0 Å². The molecule has 0 rings (SSSR count). The maximum atomic E-state index is 10.7. The summed E-state index contributed by atoms with van der Waals surface area (Å²) in [6.45, 7) is 0. The average molecular weight is 223 g/mol. The van der Waals surface area contributed by atoms with Crippen molar-refractivity contribution >= 4 is 29.0 Å². The fraction of sp³-hybridized carbons (Fsp3) is 0.625. The van der Waals surface area contributed by atoms with Crippen LogP contribution >= 0.6 is 11.6 Å². The molecule has 0 unspecified atom stereocenters. The number of methoxy groups -OCH3 is 1. The van der Waals surface area contributed by atoms with Crippen LogP contribution in [0.5, 0.6) is 0 Å². The first-order chi connectivity index (χ1) is 6.56. The summed E-state index contributed by atoms with van der Waals surface area (Å²) in [7, 11) is 1.29. The largest absolute Gasteiger partial charge is 0.469 e. The topological polar surface area (TPSA) is 69.7 Å². The zero-order valence-electron chi connectivity index (χ0n) is 7.75. The van der Waals surface area contributed by atoms with Gasteiger partial charge in [0, 0.05) is 24.4 Å². The summed E-state index contributed by atoms with van der Waals surface area (Å²) < 4.78 is 8.45. The van der Waals surface area contributed by atoms with Crippen LogP contribution in [0.1, 0.15) is 25.7 Å². The Kier molecular flexibility index (Phi) is 6.74. The van der Waals surface area contributed by atoms with Gasteiger partial charge in [-0.15, -0.1) is 0 Å². The van der Waals surface area contributed by atoms with Crippen LogP contribution in [0.4, 0.5) is 4.79 Å². The zero-order valence-corrected chi connectivity index (χ0v) is 8.50. The van der Waals surface area contributed by atoms with Crippen molar-refractivity contribution in [2.24, 2.45) is 0 Å². The van der Waals surface area contributed by atoms with E-state index in [0.29, 0.717) is 12.8 Å². The number of rotatable bonds is 5. The molecule has 0 bridgehead atoms. The molecule has 0 aliphatic rings. The predicted octanol–water partition coefficient (Wildman–Crippen LogP) is 1.62. The van der Waals surface area contributed by atoms with E-state index in [4.69, 9.17) is 11.6 Å². The lowest BCUT2D eigenvalue weighted by Crippen LogP contribution is -2.06. The zero-order chi connectivity index (χ0) is 11.0. The van der Waals surface area contributed by atoms with Crippen LogP contribution in [-0.2, 0) is 19.1 Å². The molecule has 0 saturated heterocycles. The van der Waals surface area contributed by atoms with Crippen molar-refractivity contribution in [1.29, 1.82) is 0 Å². The highest BCUT2D eigenvalue weighted by Crippen LogP contribution is 2.03. The lowest BCUT2D eigenvalue weighted by Gasteiger charge is -1.99. The van der Waals surface area contributed by atoms with Crippen LogP contribution in [0.3, 0.4) is 0 Å². The highest BCUT2D eigenvalue weighted by Gasteiger charge is 2.07. The van der Waals surface area contributed by atoms with E-state index in [1.165, 1.54) is 7.11 Å². The second-order valence-electron chi connectivity index (χ2n) is 2.49. The van der Waals surface area contributed by atoms with Crippen molar-refractivity contribution in [2.75, 3.05) is 7.11 Å². The monoisotopic (exact) mass is 222 g/mol. The van der Waals surface area contributed by atoms with Crippen molar-refractivity contribution in [3.8, 4) is 0 Å². The number of ether oxygens (including phenoxy) is 2. The summed E-state index contributed by atoms with van der Waals surface area (Å²) in [5.74, 6) is -1.01. The number of unbranched alkanes of at least 4 members (excludes halogenated alkanes) is 1. The van der Waals surface area contributed by atoms with Crippen LogP contribution in [-0.4, -0.2) is 24.5 Å². The van der Waals surface area contributed by atoms with Crippen molar-refractivity contribution in [3.63, 3.8) is 0 Å². The number of carbonyl (C=O) groups is 3. The number of hydrogen-bond donors (Lipinski definition) is 0. The molecule has 0 atom stereocenters. The van der Waals surface area contributed by atoms with E-state index in [-0.39, 0.29) is 18.8 Å². The fourth-order valence-electron chi connectivity index (χ4n) is 0.781. The van der Waals surface area contributed by atoms with E-state index < -0.39 is 11.4 Å². The Balaban J connectivity index is 3.40. The molecule has 0 N–H and O–H groups in total. The highest BCUT2D eigenvalue weighted by molar-refractivity contribution is 6.61. The number of carbonyl (C=O) groups excluding carboxylic acids is 3. The quantitative estimate of drug-likeness (QED) is 0.306. The van der Waals surface area contributed by atoms with Gasteiger partial charge >= 0.3 is 17.4 Å². The molecular formula is C8H11ClO5. The van der Waals surface area contributed by atoms with Crippen molar-refractivity contribution in [3.05, 3.63) is 0 Å². The summed E-state index contributed by atoms with van der Waals surface area (Å²) in [6, 6.07) is 0. The van der Waals surface area contributed by atoms with Gasteiger partial charge in [0.25, 0.3) is 0 Å². The van der Waals surface area contributed by atoms with E-state index in [1.54, 1.807) is 0 Å². The van der Waals surface area contributed by atoms with E-state index in [2.05, 4.69) is 9.47 Å². The second kappa shape index (κ2) is 7.32. The summed E-state index contributed by atoms with van der Waals surface area (Å²) in [4.78, 5) is 31.4. The summed E-state index contributed by atoms with van der Waals surface area (Å²) >= 11 is 4.80. The summed E-state index contributed by atoms with van der Waals surface area (Å²) in [6.07, 6.45) is 1.28. The molecule has 0 radical (unpaired) electrons. The number of hydrogen-bond acceptors (Lipinski definition) is 5. The molecule has 0 aromatic rings. The van der Waals surface area contributed by atoms with Gasteiger partial charge in [0.15, 0.2) is 0 Å². The fourth-order valence-corrected chi connectivity index (χ4v) is 0.867. The van der Waals surface area contributed by atoms with Gasteiger partial charge in [0.2, 0.25) is 0 Å². The van der Waals surface area contributed by atoms with E-state index in [9.17, 15) is 14.4 Å². The maximum absolute atomic E-state index is 10.7. The van der Waals surface area contributed by atoms with Crippen LogP contribution in [0.25, 0.3) is 0 Å². The molecule has 0 amide bonds. The van der Waals surface area contributed by atoms with Crippen LogP contribution < -0.4 is 0 Å². The van der Waals surface area contributed by atoms with Gasteiger partial charge in [0.05, 0.1) is 7.11 Å². The minimum atomic E-state index is -1.14. The molecule has 0 saturated carbocycles. The standard InChI is InChI=1S/C8H11ClO5/c1-13-6(10)4-2-3-5-7(11)14-8(9)12/h2-5H2,1H3. The minimum absolute atomic E-state index is 0.0649. The van der Waals surface area contributed by atoms with Gasteiger partial charge in [0.1, 0.15) is 0 Å². The molecule has 6 heteroatoms. The van der Waals surface area contributed by atoms with Crippen LogP contribution in [0.15, 0.2) is 0 Å². The first-order valence-corrected chi connectivity index (χ1v) is 4.41. The molecule has 14 heavy (non-hydrogen) atoms.